The molecule has 1 aromatic carbocycles. The van der Waals surface area contributed by atoms with Crippen LogP contribution in [0.2, 0.25) is 0 Å². The lowest BCUT2D eigenvalue weighted by Gasteiger charge is -2.31. The predicted octanol–water partition coefficient (Wildman–Crippen LogP) is 3.08. The van der Waals surface area contributed by atoms with Crippen molar-refractivity contribution in [2.24, 2.45) is 5.92 Å². The highest BCUT2D eigenvalue weighted by atomic mass is 16.5. The molecule has 1 fully saturated rings. The molecule has 0 saturated carbocycles. The summed E-state index contributed by atoms with van der Waals surface area (Å²) in [7, 11) is 0. The van der Waals surface area contributed by atoms with Gasteiger partial charge in [-0.25, -0.2) is 0 Å². The molecule has 3 nitrogen and oxygen atoms in total. The Morgan fingerprint density at radius 3 is 2.65 bits per heavy atom. The summed E-state index contributed by atoms with van der Waals surface area (Å²) in [5, 5.41) is 0. The molecule has 20 heavy (non-hydrogen) atoms. The van der Waals surface area contributed by atoms with Crippen molar-refractivity contribution in [1.29, 1.82) is 0 Å². The van der Waals surface area contributed by atoms with Crippen LogP contribution in [0.1, 0.15) is 36.5 Å². The smallest absolute Gasteiger partial charge is 0.309 e. The van der Waals surface area contributed by atoms with Gasteiger partial charge in [0.15, 0.2) is 0 Å². The standard InChI is InChI=1S/C17H25NO2/c1-4-20-17(19)15-7-9-18(10-8-15)12-16-11-13(2)5-6-14(16)3/h5-6,11,15H,4,7-10,12H2,1-3H3. The first-order chi connectivity index (χ1) is 9.60. The molecule has 0 spiro atoms. The summed E-state index contributed by atoms with van der Waals surface area (Å²) < 4.78 is 5.11. The fraction of sp³-hybridized carbons (Fsp3) is 0.588. The number of likely N-dealkylation sites (tertiary alicyclic amines) is 1. The molecule has 0 radical (unpaired) electrons. The van der Waals surface area contributed by atoms with Gasteiger partial charge in [-0.3, -0.25) is 9.69 Å². The Morgan fingerprint density at radius 1 is 1.30 bits per heavy atom. The lowest BCUT2D eigenvalue weighted by atomic mass is 9.96. The summed E-state index contributed by atoms with van der Waals surface area (Å²) in [5.74, 6) is 0.0868. The first-order valence-corrected chi connectivity index (χ1v) is 7.55. The number of aryl methyl sites for hydroxylation is 2. The number of hydrogen-bond acceptors (Lipinski definition) is 3. The highest BCUT2D eigenvalue weighted by Gasteiger charge is 2.25. The number of benzene rings is 1. The summed E-state index contributed by atoms with van der Waals surface area (Å²) in [5.41, 5.74) is 4.06. The van der Waals surface area contributed by atoms with Crippen LogP contribution < -0.4 is 0 Å². The maximum atomic E-state index is 11.7. The second-order valence-corrected chi connectivity index (χ2v) is 5.73. The van der Waals surface area contributed by atoms with Crippen molar-refractivity contribution >= 4 is 5.97 Å². The summed E-state index contributed by atoms with van der Waals surface area (Å²) in [6, 6.07) is 6.62. The van der Waals surface area contributed by atoms with E-state index in [1.807, 2.05) is 6.92 Å². The average Bonchev–Trinajstić information content (AvgIpc) is 2.44. The Morgan fingerprint density at radius 2 is 2.00 bits per heavy atom. The van der Waals surface area contributed by atoms with Crippen LogP contribution in [-0.2, 0) is 16.1 Å². The zero-order chi connectivity index (χ0) is 14.5. The molecule has 1 aromatic rings. The van der Waals surface area contributed by atoms with Gasteiger partial charge in [-0.05, 0) is 57.8 Å². The van der Waals surface area contributed by atoms with Crippen LogP contribution in [0.3, 0.4) is 0 Å². The van der Waals surface area contributed by atoms with Gasteiger partial charge >= 0.3 is 5.97 Å². The number of carbonyl (C=O) groups excluding carboxylic acids is 1. The van der Waals surface area contributed by atoms with E-state index >= 15 is 0 Å². The molecule has 3 heteroatoms. The predicted molar refractivity (Wildman–Crippen MR) is 80.6 cm³/mol. The Kier molecular flexibility index (Phi) is 5.18. The summed E-state index contributed by atoms with van der Waals surface area (Å²) in [6.07, 6.45) is 1.84. The normalized spacial score (nSPS) is 17.1. The number of hydrogen-bond donors (Lipinski definition) is 0. The Bertz CT molecular complexity index is 462. The van der Waals surface area contributed by atoms with Gasteiger partial charge in [0.2, 0.25) is 0 Å². The van der Waals surface area contributed by atoms with Crippen LogP contribution >= 0.6 is 0 Å². The van der Waals surface area contributed by atoms with Crippen molar-refractivity contribution in [3.05, 3.63) is 34.9 Å². The monoisotopic (exact) mass is 275 g/mol. The summed E-state index contributed by atoms with van der Waals surface area (Å²) in [4.78, 5) is 14.2. The number of esters is 1. The lowest BCUT2D eigenvalue weighted by Crippen LogP contribution is -2.36. The second-order valence-electron chi connectivity index (χ2n) is 5.73. The Balaban J connectivity index is 1.88. The van der Waals surface area contributed by atoms with E-state index in [0.717, 1.165) is 32.5 Å². The minimum Gasteiger partial charge on any atom is -0.466 e. The van der Waals surface area contributed by atoms with E-state index in [1.165, 1.54) is 16.7 Å². The van der Waals surface area contributed by atoms with Gasteiger partial charge < -0.3 is 4.74 Å². The third kappa shape index (κ3) is 3.83. The molecule has 0 N–H and O–H groups in total. The van der Waals surface area contributed by atoms with E-state index in [9.17, 15) is 4.79 Å². The molecule has 0 atom stereocenters. The molecule has 0 aromatic heterocycles. The highest BCUT2D eigenvalue weighted by Crippen LogP contribution is 2.21. The SMILES string of the molecule is CCOC(=O)C1CCN(Cc2cc(C)ccc2C)CC1. The van der Waals surface area contributed by atoms with Crippen LogP contribution in [0.5, 0.6) is 0 Å². The van der Waals surface area contributed by atoms with Gasteiger partial charge in [0.05, 0.1) is 12.5 Å². The fourth-order valence-corrected chi connectivity index (χ4v) is 2.80. The van der Waals surface area contributed by atoms with Gasteiger partial charge in [-0.15, -0.1) is 0 Å². The molecule has 1 aliphatic rings. The molecule has 2 rings (SSSR count). The van der Waals surface area contributed by atoms with Crippen LogP contribution in [0.25, 0.3) is 0 Å². The molecule has 0 aliphatic carbocycles. The van der Waals surface area contributed by atoms with Crippen LogP contribution in [-0.4, -0.2) is 30.6 Å². The van der Waals surface area contributed by atoms with Crippen molar-refractivity contribution in [3.63, 3.8) is 0 Å². The molecular formula is C17H25NO2. The topological polar surface area (TPSA) is 29.5 Å². The van der Waals surface area contributed by atoms with E-state index < -0.39 is 0 Å². The number of ether oxygens (including phenoxy) is 1. The number of carbonyl (C=O) groups is 1. The third-order valence-corrected chi connectivity index (χ3v) is 4.11. The Labute approximate surface area is 121 Å². The first-order valence-electron chi connectivity index (χ1n) is 7.55. The van der Waals surface area contributed by atoms with Crippen molar-refractivity contribution in [3.8, 4) is 0 Å². The maximum Gasteiger partial charge on any atom is 0.309 e. The number of piperidine rings is 1. The molecule has 0 bridgehead atoms. The van der Waals surface area contributed by atoms with E-state index in [4.69, 9.17) is 4.74 Å². The maximum absolute atomic E-state index is 11.7. The summed E-state index contributed by atoms with van der Waals surface area (Å²) >= 11 is 0. The van der Waals surface area contributed by atoms with Crippen LogP contribution in [0, 0.1) is 19.8 Å². The van der Waals surface area contributed by atoms with E-state index in [0.29, 0.717) is 6.61 Å². The summed E-state index contributed by atoms with van der Waals surface area (Å²) in [6.45, 7) is 9.61. The average molecular weight is 275 g/mol. The van der Waals surface area contributed by atoms with E-state index in [-0.39, 0.29) is 11.9 Å². The lowest BCUT2D eigenvalue weighted by molar-refractivity contribution is -0.149. The number of nitrogens with zero attached hydrogens (tertiary/aromatic N) is 1. The number of rotatable bonds is 4. The van der Waals surface area contributed by atoms with Gasteiger partial charge in [0, 0.05) is 6.54 Å². The second kappa shape index (κ2) is 6.89. The highest BCUT2D eigenvalue weighted by molar-refractivity contribution is 5.72. The zero-order valence-corrected chi connectivity index (χ0v) is 12.8. The molecule has 110 valence electrons. The van der Waals surface area contributed by atoms with Gasteiger partial charge in [0.25, 0.3) is 0 Å². The molecular weight excluding hydrogens is 250 g/mol. The minimum atomic E-state index is -0.0149. The van der Waals surface area contributed by atoms with Crippen molar-refractivity contribution in [1.82, 2.24) is 4.90 Å². The molecule has 1 heterocycles. The van der Waals surface area contributed by atoms with Crippen molar-refractivity contribution in [2.45, 2.75) is 40.2 Å². The van der Waals surface area contributed by atoms with Gasteiger partial charge in [-0.2, -0.15) is 0 Å². The largest absolute Gasteiger partial charge is 0.466 e. The Hall–Kier alpha value is -1.35. The minimum absolute atomic E-state index is 0.0149. The molecule has 1 aliphatic heterocycles. The molecule has 1 saturated heterocycles. The third-order valence-electron chi connectivity index (χ3n) is 4.11. The zero-order valence-electron chi connectivity index (χ0n) is 12.8. The van der Waals surface area contributed by atoms with Crippen LogP contribution in [0.15, 0.2) is 18.2 Å². The van der Waals surface area contributed by atoms with Gasteiger partial charge in [-0.1, -0.05) is 23.8 Å². The molecule has 0 amide bonds. The first kappa shape index (κ1) is 15.0. The molecule has 0 unspecified atom stereocenters. The van der Waals surface area contributed by atoms with Crippen molar-refractivity contribution in [2.75, 3.05) is 19.7 Å². The quantitative estimate of drug-likeness (QED) is 0.791. The van der Waals surface area contributed by atoms with Crippen molar-refractivity contribution < 1.29 is 9.53 Å². The van der Waals surface area contributed by atoms with Crippen LogP contribution in [0.4, 0.5) is 0 Å². The van der Waals surface area contributed by atoms with E-state index in [1.54, 1.807) is 0 Å². The van der Waals surface area contributed by atoms with Gasteiger partial charge in [0.1, 0.15) is 0 Å². The van der Waals surface area contributed by atoms with E-state index in [2.05, 4.69) is 36.9 Å². The fourth-order valence-electron chi connectivity index (χ4n) is 2.80.